The molecule has 0 bridgehead atoms. The van der Waals surface area contributed by atoms with Crippen molar-refractivity contribution in [3.63, 3.8) is 0 Å². The summed E-state index contributed by atoms with van der Waals surface area (Å²) in [6.45, 7) is -0.510. The molecule has 1 saturated heterocycles. The van der Waals surface area contributed by atoms with Gasteiger partial charge in [0.25, 0.3) is 0 Å². The first-order chi connectivity index (χ1) is 9.35. The molecule has 0 atom stereocenters. The van der Waals surface area contributed by atoms with E-state index in [1.807, 2.05) is 5.32 Å². The Kier molecular flexibility index (Phi) is 4.05. The van der Waals surface area contributed by atoms with E-state index in [-0.39, 0.29) is 6.04 Å². The van der Waals surface area contributed by atoms with Crippen LogP contribution in [0.2, 0.25) is 0 Å². The fraction of sp³-hybridized carbons (Fsp3) is 0.636. The summed E-state index contributed by atoms with van der Waals surface area (Å²) < 4.78 is 37.8. The molecule has 0 radical (unpaired) electrons. The van der Waals surface area contributed by atoms with E-state index in [0.29, 0.717) is 31.7 Å². The molecule has 2 heterocycles. The second-order valence-corrected chi connectivity index (χ2v) is 4.71. The van der Waals surface area contributed by atoms with Crippen molar-refractivity contribution < 1.29 is 18.0 Å². The van der Waals surface area contributed by atoms with Crippen molar-refractivity contribution >= 4 is 11.8 Å². The molecule has 1 aromatic heterocycles. The summed E-state index contributed by atoms with van der Waals surface area (Å²) >= 11 is 0. The lowest BCUT2D eigenvalue weighted by Gasteiger charge is -2.32. The zero-order valence-corrected chi connectivity index (χ0v) is 10.7. The second kappa shape index (κ2) is 5.59. The van der Waals surface area contributed by atoms with Gasteiger partial charge in [0.15, 0.2) is 0 Å². The molecular formula is C11H16F3N5O. The third-order valence-corrected chi connectivity index (χ3v) is 3.19. The quantitative estimate of drug-likeness (QED) is 0.864. The fourth-order valence-corrected chi connectivity index (χ4v) is 2.18. The highest BCUT2D eigenvalue weighted by Gasteiger charge is 2.30. The van der Waals surface area contributed by atoms with Gasteiger partial charge in [-0.25, -0.2) is 4.79 Å². The van der Waals surface area contributed by atoms with Crippen LogP contribution >= 0.6 is 0 Å². The molecule has 0 aliphatic carbocycles. The van der Waals surface area contributed by atoms with E-state index < -0.39 is 18.8 Å². The van der Waals surface area contributed by atoms with E-state index in [4.69, 9.17) is 5.73 Å². The van der Waals surface area contributed by atoms with Gasteiger partial charge >= 0.3 is 12.2 Å². The standard InChI is InChI=1S/C11H16F3N5O/c12-11(13,14)7-16-10(20)18-4-1-8(2-5-18)19-6-3-9(15)17-19/h3,6,8H,1-2,4-5,7H2,(H2,15,17)(H,16,20). The number of amides is 2. The molecule has 2 amide bonds. The van der Waals surface area contributed by atoms with Gasteiger partial charge in [0.2, 0.25) is 0 Å². The molecule has 9 heteroatoms. The summed E-state index contributed by atoms with van der Waals surface area (Å²) in [5.74, 6) is 0.426. The Balaban J connectivity index is 1.80. The maximum Gasteiger partial charge on any atom is 0.405 e. The number of alkyl halides is 3. The molecule has 6 nitrogen and oxygen atoms in total. The molecule has 0 saturated carbocycles. The number of piperidine rings is 1. The molecule has 2 rings (SSSR count). The van der Waals surface area contributed by atoms with Crippen LogP contribution in [-0.2, 0) is 0 Å². The summed E-state index contributed by atoms with van der Waals surface area (Å²) in [6.07, 6.45) is -1.35. The largest absolute Gasteiger partial charge is 0.405 e. The van der Waals surface area contributed by atoms with Crippen molar-refractivity contribution in [1.82, 2.24) is 20.0 Å². The molecule has 20 heavy (non-hydrogen) atoms. The van der Waals surface area contributed by atoms with Crippen molar-refractivity contribution in [2.75, 3.05) is 25.4 Å². The summed E-state index contributed by atoms with van der Waals surface area (Å²) in [4.78, 5) is 12.9. The van der Waals surface area contributed by atoms with E-state index in [2.05, 4.69) is 5.10 Å². The Hall–Kier alpha value is -1.93. The predicted molar refractivity (Wildman–Crippen MR) is 65.9 cm³/mol. The topological polar surface area (TPSA) is 76.2 Å². The van der Waals surface area contributed by atoms with Crippen LogP contribution in [0, 0.1) is 0 Å². The molecule has 0 aromatic carbocycles. The summed E-state index contributed by atoms with van der Waals surface area (Å²) in [7, 11) is 0. The average molecular weight is 291 g/mol. The molecule has 3 N–H and O–H groups in total. The summed E-state index contributed by atoms with van der Waals surface area (Å²) in [6, 6.07) is 1.13. The Morgan fingerprint density at radius 2 is 2.10 bits per heavy atom. The molecule has 112 valence electrons. The van der Waals surface area contributed by atoms with Gasteiger partial charge in [0.05, 0.1) is 6.04 Å². The number of rotatable bonds is 2. The van der Waals surface area contributed by atoms with Crippen LogP contribution in [0.5, 0.6) is 0 Å². The van der Waals surface area contributed by atoms with E-state index in [0.717, 1.165) is 0 Å². The van der Waals surface area contributed by atoms with Crippen molar-refractivity contribution in [1.29, 1.82) is 0 Å². The number of halogens is 3. The highest BCUT2D eigenvalue weighted by atomic mass is 19.4. The van der Waals surface area contributed by atoms with Gasteiger partial charge in [-0.3, -0.25) is 4.68 Å². The first kappa shape index (κ1) is 14.5. The molecular weight excluding hydrogens is 275 g/mol. The molecule has 1 aliphatic rings. The Morgan fingerprint density at radius 1 is 1.45 bits per heavy atom. The van der Waals surface area contributed by atoms with Gasteiger partial charge < -0.3 is 16.0 Å². The normalized spacial score (nSPS) is 17.2. The van der Waals surface area contributed by atoms with E-state index >= 15 is 0 Å². The number of nitrogens with zero attached hydrogens (tertiary/aromatic N) is 3. The zero-order valence-electron chi connectivity index (χ0n) is 10.7. The van der Waals surface area contributed by atoms with Gasteiger partial charge in [-0.1, -0.05) is 0 Å². The van der Waals surface area contributed by atoms with Crippen molar-refractivity contribution in [2.24, 2.45) is 0 Å². The van der Waals surface area contributed by atoms with Crippen LogP contribution in [0.4, 0.5) is 23.8 Å². The summed E-state index contributed by atoms with van der Waals surface area (Å²) in [5.41, 5.74) is 5.53. The third kappa shape index (κ3) is 3.78. The third-order valence-electron chi connectivity index (χ3n) is 3.19. The molecule has 1 aromatic rings. The minimum Gasteiger partial charge on any atom is -0.382 e. The summed E-state index contributed by atoms with van der Waals surface area (Å²) in [5, 5.41) is 5.97. The lowest BCUT2D eigenvalue weighted by Crippen LogP contribution is -2.47. The smallest absolute Gasteiger partial charge is 0.382 e. The first-order valence-electron chi connectivity index (χ1n) is 6.25. The van der Waals surface area contributed by atoms with Crippen LogP contribution in [0.1, 0.15) is 18.9 Å². The van der Waals surface area contributed by atoms with Crippen LogP contribution < -0.4 is 11.1 Å². The van der Waals surface area contributed by atoms with Crippen LogP contribution in [0.15, 0.2) is 12.3 Å². The maximum atomic E-state index is 12.0. The average Bonchev–Trinajstić information content (AvgIpc) is 2.82. The SMILES string of the molecule is Nc1ccn(C2CCN(C(=O)NCC(F)(F)F)CC2)n1. The zero-order chi connectivity index (χ0) is 14.8. The number of nitrogen functional groups attached to an aromatic ring is 1. The number of aromatic nitrogens is 2. The molecule has 0 unspecified atom stereocenters. The van der Waals surface area contributed by atoms with Gasteiger partial charge in [-0.2, -0.15) is 18.3 Å². The lowest BCUT2D eigenvalue weighted by atomic mass is 10.1. The number of carbonyl (C=O) groups is 1. The van der Waals surface area contributed by atoms with Gasteiger partial charge in [0, 0.05) is 19.3 Å². The number of likely N-dealkylation sites (tertiary alicyclic amines) is 1. The first-order valence-corrected chi connectivity index (χ1v) is 6.25. The van der Waals surface area contributed by atoms with Gasteiger partial charge in [0.1, 0.15) is 12.4 Å². The highest BCUT2D eigenvalue weighted by molar-refractivity contribution is 5.74. The molecule has 1 fully saturated rings. The van der Waals surface area contributed by atoms with Crippen molar-refractivity contribution in [3.8, 4) is 0 Å². The van der Waals surface area contributed by atoms with Crippen LogP contribution in [0.3, 0.4) is 0 Å². The number of nitrogens with two attached hydrogens (primary N) is 1. The Morgan fingerprint density at radius 3 is 2.60 bits per heavy atom. The number of urea groups is 1. The monoisotopic (exact) mass is 291 g/mol. The molecule has 1 aliphatic heterocycles. The lowest BCUT2D eigenvalue weighted by molar-refractivity contribution is -0.123. The predicted octanol–water partition coefficient (Wildman–Crippen LogP) is 1.37. The van der Waals surface area contributed by atoms with Crippen LogP contribution in [-0.4, -0.2) is 46.5 Å². The minimum atomic E-state index is -4.39. The fourth-order valence-electron chi connectivity index (χ4n) is 2.18. The maximum absolute atomic E-state index is 12.0. The van der Waals surface area contributed by atoms with Gasteiger partial charge in [-0.05, 0) is 18.9 Å². The number of hydrogen-bond acceptors (Lipinski definition) is 3. The Labute approximate surface area is 113 Å². The highest BCUT2D eigenvalue weighted by Crippen LogP contribution is 2.22. The van der Waals surface area contributed by atoms with Crippen molar-refractivity contribution in [2.45, 2.75) is 25.1 Å². The van der Waals surface area contributed by atoms with E-state index in [9.17, 15) is 18.0 Å². The van der Waals surface area contributed by atoms with E-state index in [1.54, 1.807) is 16.9 Å². The number of carbonyl (C=O) groups excluding carboxylic acids is 1. The second-order valence-electron chi connectivity index (χ2n) is 4.71. The van der Waals surface area contributed by atoms with E-state index in [1.165, 1.54) is 4.90 Å². The van der Waals surface area contributed by atoms with Crippen LogP contribution in [0.25, 0.3) is 0 Å². The number of anilines is 1. The number of nitrogens with one attached hydrogen (secondary N) is 1. The van der Waals surface area contributed by atoms with Crippen molar-refractivity contribution in [3.05, 3.63) is 12.3 Å². The Bertz CT molecular complexity index is 465. The number of hydrogen-bond donors (Lipinski definition) is 2. The minimum absolute atomic E-state index is 0.124. The molecule has 0 spiro atoms. The van der Waals surface area contributed by atoms with Gasteiger partial charge in [-0.15, -0.1) is 0 Å².